The SMILES string of the molecule is CC(C)NCc1ccc(Br)cc1.Cl. The van der Waals surface area contributed by atoms with E-state index in [2.05, 4.69) is 59.4 Å². The Morgan fingerprint density at radius 1 is 1.23 bits per heavy atom. The van der Waals surface area contributed by atoms with Crippen molar-refractivity contribution in [3.05, 3.63) is 34.3 Å². The van der Waals surface area contributed by atoms with Crippen LogP contribution in [0.15, 0.2) is 28.7 Å². The molecule has 0 heterocycles. The molecule has 0 spiro atoms. The number of hydrogen-bond acceptors (Lipinski definition) is 1. The van der Waals surface area contributed by atoms with Gasteiger partial charge in [0, 0.05) is 17.1 Å². The van der Waals surface area contributed by atoms with Gasteiger partial charge in [0.1, 0.15) is 0 Å². The average molecular weight is 265 g/mol. The summed E-state index contributed by atoms with van der Waals surface area (Å²) in [6.45, 7) is 5.25. The van der Waals surface area contributed by atoms with Crippen molar-refractivity contribution in [2.75, 3.05) is 0 Å². The van der Waals surface area contributed by atoms with Crippen LogP contribution in [0.4, 0.5) is 0 Å². The molecule has 13 heavy (non-hydrogen) atoms. The van der Waals surface area contributed by atoms with Crippen molar-refractivity contribution in [1.82, 2.24) is 5.32 Å². The molecule has 1 rings (SSSR count). The molecule has 0 saturated heterocycles. The largest absolute Gasteiger partial charge is 0.310 e. The maximum Gasteiger partial charge on any atom is 0.0207 e. The summed E-state index contributed by atoms with van der Waals surface area (Å²) in [5.74, 6) is 0. The van der Waals surface area contributed by atoms with E-state index >= 15 is 0 Å². The fourth-order valence-corrected chi connectivity index (χ4v) is 1.19. The molecule has 3 heteroatoms. The third-order valence-electron chi connectivity index (χ3n) is 1.63. The molecule has 0 radical (unpaired) electrons. The average Bonchev–Trinajstić information content (AvgIpc) is 2.03. The summed E-state index contributed by atoms with van der Waals surface area (Å²) in [7, 11) is 0. The summed E-state index contributed by atoms with van der Waals surface area (Å²) < 4.78 is 1.13. The van der Waals surface area contributed by atoms with Gasteiger partial charge in [0.2, 0.25) is 0 Å². The first-order valence-electron chi connectivity index (χ1n) is 4.16. The lowest BCUT2D eigenvalue weighted by molar-refractivity contribution is 0.589. The van der Waals surface area contributed by atoms with Crippen molar-refractivity contribution >= 4 is 28.3 Å². The zero-order valence-electron chi connectivity index (χ0n) is 7.88. The van der Waals surface area contributed by atoms with Crippen LogP contribution >= 0.6 is 28.3 Å². The lowest BCUT2D eigenvalue weighted by Crippen LogP contribution is -2.21. The summed E-state index contributed by atoms with van der Waals surface area (Å²) in [5, 5.41) is 3.37. The number of benzene rings is 1. The van der Waals surface area contributed by atoms with E-state index < -0.39 is 0 Å². The standard InChI is InChI=1S/C10H14BrN.ClH/c1-8(2)12-7-9-3-5-10(11)6-4-9;/h3-6,8,12H,7H2,1-2H3;1H. The van der Waals surface area contributed by atoms with Gasteiger partial charge in [-0.05, 0) is 17.7 Å². The van der Waals surface area contributed by atoms with Crippen LogP contribution in [0.3, 0.4) is 0 Å². The molecule has 1 N–H and O–H groups in total. The smallest absolute Gasteiger partial charge is 0.0207 e. The molecular formula is C10H15BrClN. The predicted octanol–water partition coefficient (Wildman–Crippen LogP) is 3.37. The number of hydrogen-bond donors (Lipinski definition) is 1. The third-order valence-corrected chi connectivity index (χ3v) is 2.16. The van der Waals surface area contributed by atoms with E-state index in [1.54, 1.807) is 0 Å². The van der Waals surface area contributed by atoms with Gasteiger partial charge in [0.15, 0.2) is 0 Å². The molecule has 0 saturated carbocycles. The Hall–Kier alpha value is -0.0500. The van der Waals surface area contributed by atoms with E-state index in [-0.39, 0.29) is 12.4 Å². The van der Waals surface area contributed by atoms with Crippen LogP contribution in [0.1, 0.15) is 19.4 Å². The lowest BCUT2D eigenvalue weighted by Gasteiger charge is -2.07. The first-order valence-corrected chi connectivity index (χ1v) is 4.95. The van der Waals surface area contributed by atoms with E-state index in [1.807, 2.05) is 0 Å². The minimum absolute atomic E-state index is 0. The van der Waals surface area contributed by atoms with Gasteiger partial charge in [-0.3, -0.25) is 0 Å². The van der Waals surface area contributed by atoms with Crippen LogP contribution in [0, 0.1) is 0 Å². The van der Waals surface area contributed by atoms with E-state index in [0.717, 1.165) is 11.0 Å². The topological polar surface area (TPSA) is 12.0 Å². The maximum absolute atomic E-state index is 3.41. The molecule has 0 aliphatic heterocycles. The first-order chi connectivity index (χ1) is 5.68. The van der Waals surface area contributed by atoms with Gasteiger partial charge in [0.25, 0.3) is 0 Å². The number of halogens is 2. The normalized spacial score (nSPS) is 9.85. The Bertz CT molecular complexity index is 233. The Morgan fingerprint density at radius 2 is 1.77 bits per heavy atom. The molecule has 0 unspecified atom stereocenters. The van der Waals surface area contributed by atoms with E-state index in [1.165, 1.54) is 5.56 Å². The molecule has 1 nitrogen and oxygen atoms in total. The third kappa shape index (κ3) is 5.29. The Balaban J connectivity index is 0.00000144. The number of rotatable bonds is 3. The lowest BCUT2D eigenvalue weighted by atomic mass is 10.2. The van der Waals surface area contributed by atoms with Crippen LogP contribution in [-0.2, 0) is 6.54 Å². The minimum atomic E-state index is 0. The highest BCUT2D eigenvalue weighted by molar-refractivity contribution is 9.10. The molecule has 1 aromatic rings. The van der Waals surface area contributed by atoms with E-state index in [9.17, 15) is 0 Å². The maximum atomic E-state index is 3.41. The second-order valence-corrected chi connectivity index (χ2v) is 4.08. The molecule has 0 aromatic heterocycles. The van der Waals surface area contributed by atoms with Crippen LogP contribution < -0.4 is 5.32 Å². The molecule has 0 amide bonds. The van der Waals surface area contributed by atoms with E-state index in [0.29, 0.717) is 6.04 Å². The van der Waals surface area contributed by atoms with E-state index in [4.69, 9.17) is 0 Å². The first kappa shape index (κ1) is 12.9. The van der Waals surface area contributed by atoms with Crippen molar-refractivity contribution in [2.45, 2.75) is 26.4 Å². The van der Waals surface area contributed by atoms with Gasteiger partial charge in [-0.25, -0.2) is 0 Å². The van der Waals surface area contributed by atoms with Crippen molar-refractivity contribution < 1.29 is 0 Å². The van der Waals surface area contributed by atoms with Gasteiger partial charge >= 0.3 is 0 Å². The Kier molecular flexibility index (Phi) is 6.39. The summed E-state index contributed by atoms with van der Waals surface area (Å²) in [4.78, 5) is 0. The summed E-state index contributed by atoms with van der Waals surface area (Å²) in [6, 6.07) is 8.93. The number of nitrogens with one attached hydrogen (secondary N) is 1. The molecular weight excluding hydrogens is 249 g/mol. The second kappa shape index (κ2) is 6.41. The van der Waals surface area contributed by atoms with Crippen LogP contribution in [0.5, 0.6) is 0 Å². The van der Waals surface area contributed by atoms with Gasteiger partial charge in [0.05, 0.1) is 0 Å². The Morgan fingerprint density at radius 3 is 2.23 bits per heavy atom. The van der Waals surface area contributed by atoms with Crippen molar-refractivity contribution in [1.29, 1.82) is 0 Å². The fraction of sp³-hybridized carbons (Fsp3) is 0.400. The van der Waals surface area contributed by atoms with Crippen LogP contribution in [-0.4, -0.2) is 6.04 Å². The minimum Gasteiger partial charge on any atom is -0.310 e. The van der Waals surface area contributed by atoms with Crippen molar-refractivity contribution in [3.8, 4) is 0 Å². The zero-order chi connectivity index (χ0) is 8.97. The molecule has 0 aliphatic carbocycles. The Labute approximate surface area is 94.5 Å². The predicted molar refractivity (Wildman–Crippen MR) is 63.4 cm³/mol. The van der Waals surface area contributed by atoms with Crippen LogP contribution in [0.2, 0.25) is 0 Å². The monoisotopic (exact) mass is 263 g/mol. The molecule has 0 atom stereocenters. The van der Waals surface area contributed by atoms with Gasteiger partial charge < -0.3 is 5.32 Å². The van der Waals surface area contributed by atoms with Gasteiger partial charge in [-0.2, -0.15) is 0 Å². The second-order valence-electron chi connectivity index (χ2n) is 3.16. The molecule has 0 fully saturated rings. The van der Waals surface area contributed by atoms with Crippen molar-refractivity contribution in [2.24, 2.45) is 0 Å². The zero-order valence-corrected chi connectivity index (χ0v) is 10.3. The summed E-state index contributed by atoms with van der Waals surface area (Å²) >= 11 is 3.41. The summed E-state index contributed by atoms with van der Waals surface area (Å²) in [6.07, 6.45) is 0. The highest BCUT2D eigenvalue weighted by Crippen LogP contribution is 2.10. The highest BCUT2D eigenvalue weighted by Gasteiger charge is 1.94. The summed E-state index contributed by atoms with van der Waals surface area (Å²) in [5.41, 5.74) is 1.33. The quantitative estimate of drug-likeness (QED) is 0.883. The van der Waals surface area contributed by atoms with Gasteiger partial charge in [-0.1, -0.05) is 41.9 Å². The van der Waals surface area contributed by atoms with Crippen molar-refractivity contribution in [3.63, 3.8) is 0 Å². The molecule has 1 aromatic carbocycles. The highest BCUT2D eigenvalue weighted by atomic mass is 79.9. The molecule has 0 aliphatic rings. The fourth-order valence-electron chi connectivity index (χ4n) is 0.924. The van der Waals surface area contributed by atoms with Crippen LogP contribution in [0.25, 0.3) is 0 Å². The molecule has 74 valence electrons. The molecule has 0 bridgehead atoms. The van der Waals surface area contributed by atoms with Gasteiger partial charge in [-0.15, -0.1) is 12.4 Å².